The summed E-state index contributed by atoms with van der Waals surface area (Å²) in [4.78, 5) is 32.7. The highest BCUT2D eigenvalue weighted by molar-refractivity contribution is 7.89. The molecule has 1 aromatic carbocycles. The van der Waals surface area contributed by atoms with Gasteiger partial charge in [0.1, 0.15) is 12.6 Å². The predicted octanol–water partition coefficient (Wildman–Crippen LogP) is 2.30. The molecule has 0 radical (unpaired) electrons. The van der Waals surface area contributed by atoms with Gasteiger partial charge in [-0.1, -0.05) is 23.2 Å². The summed E-state index contributed by atoms with van der Waals surface area (Å²) in [5.74, 6) is -1.23. The number of anilines is 2. The van der Waals surface area contributed by atoms with Crippen LogP contribution >= 0.6 is 23.2 Å². The minimum absolute atomic E-state index is 0.0385. The molecule has 1 amide bonds. The van der Waals surface area contributed by atoms with E-state index >= 15 is 0 Å². The number of halogens is 2. The number of H-pyrrole nitrogens is 1. The molecule has 1 saturated carbocycles. The van der Waals surface area contributed by atoms with Gasteiger partial charge < -0.3 is 26.0 Å². The van der Waals surface area contributed by atoms with Crippen molar-refractivity contribution in [1.29, 1.82) is 0 Å². The Bertz CT molecular complexity index is 1100. The van der Waals surface area contributed by atoms with Crippen LogP contribution in [0.15, 0.2) is 29.4 Å². The van der Waals surface area contributed by atoms with Gasteiger partial charge in [0.05, 0.1) is 20.6 Å². The molecule has 0 unspecified atom stereocenters. The van der Waals surface area contributed by atoms with E-state index in [9.17, 15) is 23.1 Å². The van der Waals surface area contributed by atoms with Gasteiger partial charge >= 0.3 is 5.97 Å². The molecule has 186 valence electrons. The first-order valence-electron chi connectivity index (χ1n) is 10.6. The Hall–Kier alpha value is -2.54. The van der Waals surface area contributed by atoms with Crippen LogP contribution in [-0.4, -0.2) is 65.4 Å². The number of hydrogen-bond acceptors (Lipinski definition) is 7. The molecule has 11 nitrogen and oxygen atoms in total. The molecule has 0 aliphatic heterocycles. The average Bonchev–Trinajstić information content (AvgIpc) is 3.24. The third-order valence-electron chi connectivity index (χ3n) is 5.52. The quantitative estimate of drug-likeness (QED) is 0.204. The SMILES string of the molecule is Nc1c(Cl)cc(S(=O)(=O)N[C@@H](CCCNc2ncc[nH]2)C(=O)N(CC(=O)O)C2CCC2)cc1Cl. The molecular formula is C20H26Cl2N6O5S. The van der Waals surface area contributed by atoms with Crippen molar-refractivity contribution >= 4 is 56.7 Å². The Morgan fingerprint density at radius 3 is 2.50 bits per heavy atom. The summed E-state index contributed by atoms with van der Waals surface area (Å²) in [6.07, 6.45) is 5.95. The van der Waals surface area contributed by atoms with Crippen LogP contribution in [0.25, 0.3) is 0 Å². The van der Waals surface area contributed by atoms with E-state index < -0.39 is 34.5 Å². The van der Waals surface area contributed by atoms with E-state index in [0.717, 1.165) is 18.6 Å². The number of benzene rings is 1. The van der Waals surface area contributed by atoms with Gasteiger partial charge in [-0.15, -0.1) is 0 Å². The van der Waals surface area contributed by atoms with E-state index in [-0.39, 0.29) is 33.1 Å². The summed E-state index contributed by atoms with van der Waals surface area (Å²) in [5.41, 5.74) is 5.73. The number of rotatable bonds is 12. The maximum atomic E-state index is 13.4. The van der Waals surface area contributed by atoms with Gasteiger partial charge in [-0.2, -0.15) is 4.72 Å². The number of aromatic amines is 1. The van der Waals surface area contributed by atoms with Crippen molar-refractivity contribution in [2.75, 3.05) is 24.1 Å². The van der Waals surface area contributed by atoms with Gasteiger partial charge in [-0.05, 0) is 44.2 Å². The third kappa shape index (κ3) is 6.53. The van der Waals surface area contributed by atoms with Crippen LogP contribution in [0.3, 0.4) is 0 Å². The topological polar surface area (TPSA) is 171 Å². The molecule has 1 fully saturated rings. The van der Waals surface area contributed by atoms with Crippen molar-refractivity contribution in [2.24, 2.45) is 0 Å². The molecule has 1 aliphatic rings. The standard InChI is InChI=1S/C20H26Cl2N6O5S/c21-14-9-13(10-15(22)18(14)23)34(32,33)27-16(5-2-6-24-20-25-7-8-26-20)19(31)28(11-17(29)30)12-3-1-4-12/h7-10,12,16,27H,1-6,11,23H2,(H,29,30)(H2,24,25,26)/t16-/m0/s1. The van der Waals surface area contributed by atoms with Crippen LogP contribution in [0.5, 0.6) is 0 Å². The Morgan fingerprint density at radius 1 is 1.29 bits per heavy atom. The molecule has 1 heterocycles. The van der Waals surface area contributed by atoms with Crippen LogP contribution in [0.4, 0.5) is 11.6 Å². The van der Waals surface area contributed by atoms with E-state index in [1.54, 1.807) is 12.4 Å². The van der Waals surface area contributed by atoms with Gasteiger partial charge in [-0.25, -0.2) is 13.4 Å². The van der Waals surface area contributed by atoms with Gasteiger partial charge in [0.15, 0.2) is 5.95 Å². The smallest absolute Gasteiger partial charge is 0.323 e. The van der Waals surface area contributed by atoms with Crippen molar-refractivity contribution in [3.05, 3.63) is 34.6 Å². The zero-order chi connectivity index (χ0) is 24.9. The van der Waals surface area contributed by atoms with Crippen molar-refractivity contribution in [3.8, 4) is 0 Å². The Labute approximate surface area is 207 Å². The Balaban J connectivity index is 1.80. The molecular weight excluding hydrogens is 507 g/mol. The summed E-state index contributed by atoms with van der Waals surface area (Å²) in [5, 5.41) is 12.3. The van der Waals surface area contributed by atoms with Gasteiger partial charge in [0.25, 0.3) is 0 Å². The number of nitrogens with two attached hydrogens (primary N) is 1. The second-order valence-electron chi connectivity index (χ2n) is 7.93. The molecule has 1 aromatic heterocycles. The third-order valence-corrected chi connectivity index (χ3v) is 7.60. The first kappa shape index (κ1) is 26.1. The number of carbonyl (C=O) groups excluding carboxylic acids is 1. The molecule has 0 bridgehead atoms. The normalized spacial score (nSPS) is 14.9. The number of nitrogens with zero attached hydrogens (tertiary/aromatic N) is 2. The summed E-state index contributed by atoms with van der Waals surface area (Å²) in [7, 11) is -4.23. The number of hydrogen-bond donors (Lipinski definition) is 5. The van der Waals surface area contributed by atoms with E-state index in [1.165, 1.54) is 4.90 Å². The van der Waals surface area contributed by atoms with Crippen LogP contribution in [-0.2, 0) is 19.6 Å². The number of imidazole rings is 1. The number of amides is 1. The summed E-state index contributed by atoms with van der Waals surface area (Å²) < 4.78 is 28.6. The molecule has 6 N–H and O–H groups in total. The minimum Gasteiger partial charge on any atom is -0.480 e. The van der Waals surface area contributed by atoms with Crippen LogP contribution in [0.1, 0.15) is 32.1 Å². The van der Waals surface area contributed by atoms with Crippen molar-refractivity contribution < 1.29 is 23.1 Å². The van der Waals surface area contributed by atoms with E-state index in [1.807, 2.05) is 0 Å². The first-order chi connectivity index (χ1) is 16.1. The van der Waals surface area contributed by atoms with E-state index in [4.69, 9.17) is 28.9 Å². The summed E-state index contributed by atoms with van der Waals surface area (Å²) in [6.45, 7) is -0.104. The number of aromatic nitrogens is 2. The zero-order valence-electron chi connectivity index (χ0n) is 18.1. The minimum atomic E-state index is -4.23. The van der Waals surface area contributed by atoms with Crippen molar-refractivity contribution in [2.45, 2.75) is 49.1 Å². The lowest BCUT2D eigenvalue weighted by Crippen LogP contribution is -2.55. The van der Waals surface area contributed by atoms with Crippen LogP contribution in [0, 0.1) is 0 Å². The van der Waals surface area contributed by atoms with Crippen LogP contribution < -0.4 is 15.8 Å². The second-order valence-corrected chi connectivity index (χ2v) is 10.5. The fraction of sp³-hybridized carbons (Fsp3) is 0.450. The lowest BCUT2D eigenvalue weighted by molar-refractivity contribution is -0.148. The maximum absolute atomic E-state index is 13.4. The zero-order valence-corrected chi connectivity index (χ0v) is 20.5. The molecule has 3 rings (SSSR count). The Kier molecular flexibility index (Phi) is 8.63. The van der Waals surface area contributed by atoms with E-state index in [0.29, 0.717) is 31.8 Å². The van der Waals surface area contributed by atoms with E-state index in [2.05, 4.69) is 20.0 Å². The Morgan fingerprint density at radius 2 is 1.97 bits per heavy atom. The van der Waals surface area contributed by atoms with Gasteiger partial charge in [0.2, 0.25) is 15.9 Å². The molecule has 1 atom stereocenters. The summed E-state index contributed by atoms with van der Waals surface area (Å²) >= 11 is 12.0. The molecule has 0 spiro atoms. The lowest BCUT2D eigenvalue weighted by atomic mass is 9.90. The van der Waals surface area contributed by atoms with Gasteiger partial charge in [-0.3, -0.25) is 9.59 Å². The lowest BCUT2D eigenvalue weighted by Gasteiger charge is -2.38. The number of nitrogens with one attached hydrogen (secondary N) is 3. The fourth-order valence-corrected chi connectivity index (χ4v) is 5.40. The molecule has 34 heavy (non-hydrogen) atoms. The van der Waals surface area contributed by atoms with Crippen LogP contribution in [0.2, 0.25) is 10.0 Å². The number of carboxylic acid groups (broad SMARTS) is 1. The maximum Gasteiger partial charge on any atom is 0.323 e. The molecule has 2 aromatic rings. The average molecular weight is 533 g/mol. The second kappa shape index (κ2) is 11.3. The van der Waals surface area contributed by atoms with Crippen molar-refractivity contribution in [3.63, 3.8) is 0 Å². The number of sulfonamides is 1. The monoisotopic (exact) mass is 532 g/mol. The number of carbonyl (C=O) groups is 2. The largest absolute Gasteiger partial charge is 0.480 e. The summed E-state index contributed by atoms with van der Waals surface area (Å²) in [6, 6.07) is 0.855. The number of nitrogen functional groups attached to an aromatic ring is 1. The highest BCUT2D eigenvalue weighted by atomic mass is 35.5. The van der Waals surface area contributed by atoms with Gasteiger partial charge in [0, 0.05) is 25.0 Å². The number of aliphatic carboxylic acids is 1. The first-order valence-corrected chi connectivity index (χ1v) is 12.8. The highest BCUT2D eigenvalue weighted by Crippen LogP contribution is 2.31. The van der Waals surface area contributed by atoms with Crippen molar-refractivity contribution in [1.82, 2.24) is 19.6 Å². The predicted molar refractivity (Wildman–Crippen MR) is 128 cm³/mol. The highest BCUT2D eigenvalue weighted by Gasteiger charge is 2.36. The fourth-order valence-electron chi connectivity index (χ4n) is 3.51. The molecule has 1 aliphatic carbocycles. The number of carboxylic acids is 1. The molecule has 0 saturated heterocycles. The molecule has 14 heteroatoms.